The molecule has 0 bridgehead atoms. The molecule has 3 aliphatic rings. The first-order valence-corrected chi connectivity index (χ1v) is 11.9. The van der Waals surface area contributed by atoms with E-state index in [0.29, 0.717) is 29.5 Å². The smallest absolute Gasteiger partial charge is 0.169 e. The standard InChI is InChI=1S/C24H40N6/c1-19(2)27-9-5-21(6-10-27)17-29-13-14-30(24(29)23(15-25)16-26)18-22-7-11-28(12-8-22)20(3)4/h19-22H,5-14,17-18H2,1-4H3. The third kappa shape index (κ3) is 5.48. The summed E-state index contributed by atoms with van der Waals surface area (Å²) in [6.07, 6.45) is 4.85. The van der Waals surface area contributed by atoms with Crippen LogP contribution < -0.4 is 0 Å². The zero-order chi connectivity index (χ0) is 21.7. The molecule has 3 aliphatic heterocycles. The van der Waals surface area contributed by atoms with Gasteiger partial charge in [-0.05, 0) is 91.4 Å². The lowest BCUT2D eigenvalue weighted by Gasteiger charge is -2.38. The number of hydrogen-bond acceptors (Lipinski definition) is 6. The van der Waals surface area contributed by atoms with E-state index in [9.17, 15) is 10.5 Å². The van der Waals surface area contributed by atoms with Crippen molar-refractivity contribution in [1.82, 2.24) is 19.6 Å². The molecule has 6 nitrogen and oxygen atoms in total. The number of piperidine rings is 2. The van der Waals surface area contributed by atoms with Gasteiger partial charge in [0.15, 0.2) is 5.57 Å². The van der Waals surface area contributed by atoms with Gasteiger partial charge in [0.2, 0.25) is 0 Å². The lowest BCUT2D eigenvalue weighted by atomic mass is 9.95. The van der Waals surface area contributed by atoms with Crippen molar-refractivity contribution in [3.05, 3.63) is 11.4 Å². The summed E-state index contributed by atoms with van der Waals surface area (Å²) in [6, 6.07) is 5.62. The first-order valence-electron chi connectivity index (χ1n) is 11.9. The third-order valence-corrected chi connectivity index (χ3v) is 7.40. The van der Waals surface area contributed by atoms with Gasteiger partial charge in [-0.15, -0.1) is 0 Å². The van der Waals surface area contributed by atoms with Crippen molar-refractivity contribution < 1.29 is 0 Å². The molecule has 30 heavy (non-hydrogen) atoms. The van der Waals surface area contributed by atoms with Gasteiger partial charge in [-0.3, -0.25) is 0 Å². The van der Waals surface area contributed by atoms with Crippen LogP contribution in [0.5, 0.6) is 0 Å². The Morgan fingerprint density at radius 2 is 1.10 bits per heavy atom. The maximum absolute atomic E-state index is 9.63. The Morgan fingerprint density at radius 1 is 0.733 bits per heavy atom. The topological polar surface area (TPSA) is 60.5 Å². The Morgan fingerprint density at radius 3 is 1.40 bits per heavy atom. The van der Waals surface area contributed by atoms with Gasteiger partial charge in [0.25, 0.3) is 0 Å². The number of rotatable bonds is 6. The highest BCUT2D eigenvalue weighted by atomic mass is 15.4. The average Bonchev–Trinajstić information content (AvgIpc) is 3.12. The van der Waals surface area contributed by atoms with Crippen molar-refractivity contribution in [3.63, 3.8) is 0 Å². The summed E-state index contributed by atoms with van der Waals surface area (Å²) in [7, 11) is 0. The van der Waals surface area contributed by atoms with E-state index < -0.39 is 0 Å². The van der Waals surface area contributed by atoms with Crippen LogP contribution >= 0.6 is 0 Å². The Hall–Kier alpha value is -1.76. The summed E-state index contributed by atoms with van der Waals surface area (Å²) in [5.41, 5.74) is 0.298. The lowest BCUT2D eigenvalue weighted by molar-refractivity contribution is 0.125. The minimum Gasteiger partial charge on any atom is -0.355 e. The Balaban J connectivity index is 1.62. The maximum Gasteiger partial charge on any atom is 0.169 e. The van der Waals surface area contributed by atoms with E-state index in [1.54, 1.807) is 0 Å². The second-order valence-corrected chi connectivity index (χ2v) is 9.96. The van der Waals surface area contributed by atoms with E-state index in [-0.39, 0.29) is 0 Å². The highest BCUT2D eigenvalue weighted by Gasteiger charge is 2.33. The molecular formula is C24H40N6. The zero-order valence-electron chi connectivity index (χ0n) is 19.5. The monoisotopic (exact) mass is 412 g/mol. The molecule has 3 fully saturated rings. The van der Waals surface area contributed by atoms with Crippen LogP contribution in [0.2, 0.25) is 0 Å². The first-order chi connectivity index (χ1) is 14.4. The Bertz CT molecular complexity index is 613. The molecular weight excluding hydrogens is 372 g/mol. The molecule has 0 spiro atoms. The van der Waals surface area contributed by atoms with Gasteiger partial charge in [0, 0.05) is 38.3 Å². The molecule has 0 aromatic carbocycles. The van der Waals surface area contributed by atoms with E-state index in [1.807, 2.05) is 0 Å². The summed E-state index contributed by atoms with van der Waals surface area (Å²) in [5, 5.41) is 19.3. The van der Waals surface area contributed by atoms with Crippen LogP contribution in [0.3, 0.4) is 0 Å². The normalized spacial score (nSPS) is 22.7. The molecule has 0 N–H and O–H groups in total. The van der Waals surface area contributed by atoms with Gasteiger partial charge in [-0.25, -0.2) is 0 Å². The van der Waals surface area contributed by atoms with Crippen LogP contribution in [0.15, 0.2) is 11.4 Å². The molecule has 3 heterocycles. The number of hydrogen-bond donors (Lipinski definition) is 0. The SMILES string of the molecule is CC(C)N1CCC(CN2CCN(CC3CCN(C(C)C)CC3)C2=C(C#N)C#N)CC1. The van der Waals surface area contributed by atoms with Crippen molar-refractivity contribution in [2.24, 2.45) is 11.8 Å². The van der Waals surface area contributed by atoms with E-state index in [1.165, 1.54) is 25.7 Å². The highest BCUT2D eigenvalue weighted by molar-refractivity contribution is 5.40. The van der Waals surface area contributed by atoms with Gasteiger partial charge in [0.1, 0.15) is 18.0 Å². The second kappa shape index (κ2) is 10.5. The quantitative estimate of drug-likeness (QED) is 0.625. The molecule has 0 aliphatic carbocycles. The summed E-state index contributed by atoms with van der Waals surface area (Å²) < 4.78 is 0. The minimum absolute atomic E-state index is 0.298. The van der Waals surface area contributed by atoms with Crippen molar-refractivity contribution >= 4 is 0 Å². The van der Waals surface area contributed by atoms with Crippen molar-refractivity contribution in [1.29, 1.82) is 10.5 Å². The number of nitriles is 2. The fourth-order valence-corrected chi connectivity index (χ4v) is 5.38. The Labute approximate surface area is 183 Å². The summed E-state index contributed by atoms with van der Waals surface area (Å²) in [4.78, 5) is 9.81. The molecule has 0 atom stereocenters. The largest absolute Gasteiger partial charge is 0.355 e. The molecule has 3 saturated heterocycles. The first kappa shape index (κ1) is 22.9. The molecule has 0 aromatic rings. The molecule has 6 heteroatoms. The molecule has 3 rings (SSSR count). The van der Waals surface area contributed by atoms with E-state index in [0.717, 1.165) is 58.2 Å². The van der Waals surface area contributed by atoms with Gasteiger partial charge >= 0.3 is 0 Å². The zero-order valence-corrected chi connectivity index (χ0v) is 19.5. The molecule has 0 radical (unpaired) electrons. The summed E-state index contributed by atoms with van der Waals surface area (Å²) in [6.45, 7) is 17.6. The highest BCUT2D eigenvalue weighted by Crippen LogP contribution is 2.29. The maximum atomic E-state index is 9.63. The molecule has 0 unspecified atom stereocenters. The molecule has 166 valence electrons. The van der Waals surface area contributed by atoms with E-state index in [2.05, 4.69) is 59.4 Å². The van der Waals surface area contributed by atoms with Crippen LogP contribution in [0.4, 0.5) is 0 Å². The van der Waals surface area contributed by atoms with Crippen LogP contribution in [0.1, 0.15) is 53.4 Å². The second-order valence-electron chi connectivity index (χ2n) is 9.96. The fraction of sp³-hybridized carbons (Fsp3) is 0.833. The van der Waals surface area contributed by atoms with Crippen molar-refractivity contribution in [2.75, 3.05) is 52.4 Å². The predicted octanol–water partition coefficient (Wildman–Crippen LogP) is 3.10. The predicted molar refractivity (Wildman–Crippen MR) is 120 cm³/mol. The summed E-state index contributed by atoms with van der Waals surface area (Å²) >= 11 is 0. The van der Waals surface area contributed by atoms with Crippen molar-refractivity contribution in [3.8, 4) is 12.1 Å². The number of likely N-dealkylation sites (tertiary alicyclic amines) is 2. The Kier molecular flexibility index (Phi) is 8.03. The van der Waals surface area contributed by atoms with Gasteiger partial charge in [-0.2, -0.15) is 10.5 Å². The number of allylic oxidation sites excluding steroid dienone is 1. The van der Waals surface area contributed by atoms with Crippen LogP contribution in [0, 0.1) is 34.5 Å². The number of nitrogens with zero attached hydrogens (tertiary/aromatic N) is 6. The van der Waals surface area contributed by atoms with Crippen LogP contribution in [-0.2, 0) is 0 Å². The van der Waals surface area contributed by atoms with Crippen molar-refractivity contribution in [2.45, 2.75) is 65.5 Å². The van der Waals surface area contributed by atoms with Gasteiger partial charge in [0.05, 0.1) is 0 Å². The fourth-order valence-electron chi connectivity index (χ4n) is 5.38. The average molecular weight is 413 g/mol. The molecule has 0 saturated carbocycles. The van der Waals surface area contributed by atoms with E-state index >= 15 is 0 Å². The molecule has 0 amide bonds. The van der Waals surface area contributed by atoms with E-state index in [4.69, 9.17) is 0 Å². The molecule has 0 aromatic heterocycles. The summed E-state index contributed by atoms with van der Waals surface area (Å²) in [5.74, 6) is 2.23. The van der Waals surface area contributed by atoms with Gasteiger partial charge in [-0.1, -0.05) is 0 Å². The third-order valence-electron chi connectivity index (χ3n) is 7.40. The minimum atomic E-state index is 0.298. The lowest BCUT2D eigenvalue weighted by Crippen LogP contribution is -2.42. The van der Waals surface area contributed by atoms with Crippen LogP contribution in [-0.4, -0.2) is 84.0 Å². The van der Waals surface area contributed by atoms with Gasteiger partial charge < -0.3 is 19.6 Å². The van der Waals surface area contributed by atoms with Crippen LogP contribution in [0.25, 0.3) is 0 Å².